The highest BCUT2D eigenvalue weighted by Gasteiger charge is 2.18. The summed E-state index contributed by atoms with van der Waals surface area (Å²) >= 11 is 1.49. The number of anilines is 1. The summed E-state index contributed by atoms with van der Waals surface area (Å²) < 4.78 is 0. The van der Waals surface area contributed by atoms with Crippen LogP contribution in [-0.2, 0) is 6.54 Å². The molecule has 1 unspecified atom stereocenters. The first kappa shape index (κ1) is 15.6. The van der Waals surface area contributed by atoms with Gasteiger partial charge in [0.2, 0.25) is 0 Å². The predicted molar refractivity (Wildman–Crippen MR) is 87.2 cm³/mol. The van der Waals surface area contributed by atoms with Crippen LogP contribution in [0.3, 0.4) is 0 Å². The largest absolute Gasteiger partial charge is 0.344 e. The quantitative estimate of drug-likeness (QED) is 0.728. The van der Waals surface area contributed by atoms with Gasteiger partial charge in [-0.15, -0.1) is 0 Å². The van der Waals surface area contributed by atoms with Crippen LogP contribution in [0.2, 0.25) is 0 Å². The van der Waals surface area contributed by atoms with E-state index in [1.165, 1.54) is 16.9 Å². The van der Waals surface area contributed by atoms with E-state index in [1.807, 2.05) is 12.1 Å². The van der Waals surface area contributed by atoms with Gasteiger partial charge >= 0.3 is 0 Å². The molecule has 2 aromatic rings. The van der Waals surface area contributed by atoms with E-state index in [4.69, 9.17) is 4.98 Å². The number of rotatable bonds is 7. The monoisotopic (exact) mass is 303 g/mol. The predicted octanol–water partition coefficient (Wildman–Crippen LogP) is 3.89. The molecule has 2 heterocycles. The molecule has 2 rings (SSSR count). The average Bonchev–Trinajstić information content (AvgIpc) is 2.97. The van der Waals surface area contributed by atoms with Crippen molar-refractivity contribution in [2.75, 3.05) is 11.4 Å². The van der Waals surface area contributed by atoms with Crippen LogP contribution in [0.15, 0.2) is 24.5 Å². The Hall–Kier alpha value is -1.75. The fourth-order valence-electron chi connectivity index (χ4n) is 2.12. The lowest BCUT2D eigenvalue weighted by Crippen LogP contribution is -2.21. The second-order valence-corrected chi connectivity index (χ2v) is 6.05. The Morgan fingerprint density at radius 2 is 2.05 bits per heavy atom. The molecule has 0 aliphatic carbocycles. The lowest BCUT2D eigenvalue weighted by molar-refractivity contribution is 0.112. The van der Waals surface area contributed by atoms with E-state index >= 15 is 0 Å². The molecule has 0 N–H and O–H groups in total. The minimum atomic E-state index is 0.315. The summed E-state index contributed by atoms with van der Waals surface area (Å²) in [6, 6.07) is 4.01. The number of carbonyl (C=O) groups excluding carboxylic acids is 1. The van der Waals surface area contributed by atoms with Crippen LogP contribution in [0.5, 0.6) is 0 Å². The van der Waals surface area contributed by atoms with E-state index in [-0.39, 0.29) is 0 Å². The van der Waals surface area contributed by atoms with Crippen LogP contribution >= 0.6 is 11.3 Å². The van der Waals surface area contributed by atoms with Gasteiger partial charge in [0.25, 0.3) is 0 Å². The van der Waals surface area contributed by atoms with E-state index < -0.39 is 0 Å². The first-order chi connectivity index (χ1) is 10.2. The zero-order valence-electron chi connectivity index (χ0n) is 12.7. The third-order valence-electron chi connectivity index (χ3n) is 3.63. The molecule has 0 bridgehead atoms. The van der Waals surface area contributed by atoms with Crippen LogP contribution in [0.1, 0.15) is 54.0 Å². The van der Waals surface area contributed by atoms with Gasteiger partial charge in [0.05, 0.1) is 10.6 Å². The Morgan fingerprint density at radius 1 is 1.33 bits per heavy atom. The summed E-state index contributed by atoms with van der Waals surface area (Å²) in [5, 5.41) is 0.923. The molecule has 1 atom stereocenters. The first-order valence-electron chi connectivity index (χ1n) is 7.29. The second-order valence-electron chi connectivity index (χ2n) is 5.04. The maximum Gasteiger partial charge on any atom is 0.186 e. The molecule has 0 radical (unpaired) electrons. The summed E-state index contributed by atoms with van der Waals surface area (Å²) in [5.41, 5.74) is 2.13. The number of pyridine rings is 1. The van der Waals surface area contributed by atoms with Crippen LogP contribution in [0, 0.1) is 0 Å². The lowest BCUT2D eigenvalue weighted by atomic mass is 10.0. The van der Waals surface area contributed by atoms with Gasteiger partial charge in [0, 0.05) is 25.5 Å². The van der Waals surface area contributed by atoms with Gasteiger partial charge in [0.15, 0.2) is 11.4 Å². The van der Waals surface area contributed by atoms with Crippen molar-refractivity contribution < 1.29 is 4.79 Å². The number of hydrogen-bond donors (Lipinski definition) is 0. The number of aromatic nitrogens is 2. The molecule has 21 heavy (non-hydrogen) atoms. The standard InChI is InChI=1S/C16H21N3OS/c1-4-12(3)15-14(11-20)21-16(18-15)19(5-2)10-13-6-8-17-9-7-13/h6-9,11-12H,4-5,10H2,1-3H3. The molecular formula is C16H21N3OS. The van der Waals surface area contributed by atoms with E-state index in [0.29, 0.717) is 5.92 Å². The van der Waals surface area contributed by atoms with Crippen LogP contribution in [-0.4, -0.2) is 22.8 Å². The van der Waals surface area contributed by atoms with Gasteiger partial charge in [-0.25, -0.2) is 4.98 Å². The molecule has 4 nitrogen and oxygen atoms in total. The van der Waals surface area contributed by atoms with E-state index in [1.54, 1.807) is 12.4 Å². The van der Waals surface area contributed by atoms with Crippen molar-refractivity contribution >= 4 is 22.8 Å². The summed E-state index contributed by atoms with van der Waals surface area (Å²) in [6.07, 6.45) is 5.52. The number of hydrogen-bond acceptors (Lipinski definition) is 5. The summed E-state index contributed by atoms with van der Waals surface area (Å²) in [7, 11) is 0. The van der Waals surface area contributed by atoms with Crippen molar-refractivity contribution in [1.82, 2.24) is 9.97 Å². The van der Waals surface area contributed by atoms with Gasteiger partial charge in [-0.3, -0.25) is 9.78 Å². The van der Waals surface area contributed by atoms with Gasteiger partial charge < -0.3 is 4.90 Å². The molecule has 0 aliphatic rings. The van der Waals surface area contributed by atoms with Gasteiger partial charge in [-0.1, -0.05) is 25.2 Å². The fraction of sp³-hybridized carbons (Fsp3) is 0.438. The molecule has 5 heteroatoms. The molecule has 0 spiro atoms. The van der Waals surface area contributed by atoms with E-state index in [2.05, 4.69) is 30.7 Å². The molecule has 2 aromatic heterocycles. The average molecular weight is 303 g/mol. The summed E-state index contributed by atoms with van der Waals surface area (Å²) in [4.78, 5) is 23.0. The molecule has 0 aromatic carbocycles. The zero-order chi connectivity index (χ0) is 15.2. The summed E-state index contributed by atoms with van der Waals surface area (Å²) in [5.74, 6) is 0.315. The molecule has 0 saturated heterocycles. The third-order valence-corrected chi connectivity index (χ3v) is 4.69. The SMILES string of the molecule is CCC(C)c1nc(N(CC)Cc2ccncc2)sc1C=O. The van der Waals surface area contributed by atoms with E-state index in [9.17, 15) is 4.79 Å². The normalized spacial score (nSPS) is 12.1. The third kappa shape index (κ3) is 3.67. The molecule has 0 amide bonds. The highest BCUT2D eigenvalue weighted by atomic mass is 32.1. The first-order valence-corrected chi connectivity index (χ1v) is 8.10. The zero-order valence-corrected chi connectivity index (χ0v) is 13.6. The van der Waals surface area contributed by atoms with Crippen LogP contribution in [0.25, 0.3) is 0 Å². The van der Waals surface area contributed by atoms with Crippen molar-refractivity contribution in [2.24, 2.45) is 0 Å². The van der Waals surface area contributed by atoms with Crippen molar-refractivity contribution in [3.8, 4) is 0 Å². The molecule has 112 valence electrons. The van der Waals surface area contributed by atoms with Crippen molar-refractivity contribution in [3.05, 3.63) is 40.7 Å². The minimum Gasteiger partial charge on any atom is -0.344 e. The Labute approximate surface area is 129 Å². The highest BCUT2D eigenvalue weighted by molar-refractivity contribution is 7.17. The van der Waals surface area contributed by atoms with Crippen molar-refractivity contribution in [2.45, 2.75) is 39.7 Å². The highest BCUT2D eigenvalue weighted by Crippen LogP contribution is 2.31. The summed E-state index contributed by atoms with van der Waals surface area (Å²) in [6.45, 7) is 7.97. The number of aldehydes is 1. The Morgan fingerprint density at radius 3 is 2.62 bits per heavy atom. The Kier molecular flexibility index (Phi) is 5.44. The second kappa shape index (κ2) is 7.31. The Bertz CT molecular complexity index is 582. The Balaban J connectivity index is 2.26. The number of carbonyl (C=O) groups is 1. The molecule has 0 fully saturated rings. The van der Waals surface area contributed by atoms with Crippen molar-refractivity contribution in [1.29, 1.82) is 0 Å². The molecular weight excluding hydrogens is 282 g/mol. The van der Waals surface area contributed by atoms with Gasteiger partial charge in [-0.05, 0) is 37.0 Å². The molecule has 0 saturated carbocycles. The lowest BCUT2D eigenvalue weighted by Gasteiger charge is -2.19. The topological polar surface area (TPSA) is 46.1 Å². The fourth-order valence-corrected chi connectivity index (χ4v) is 3.18. The smallest absolute Gasteiger partial charge is 0.186 e. The van der Waals surface area contributed by atoms with Crippen LogP contribution in [0.4, 0.5) is 5.13 Å². The van der Waals surface area contributed by atoms with Gasteiger partial charge in [-0.2, -0.15) is 0 Å². The maximum absolute atomic E-state index is 11.3. The van der Waals surface area contributed by atoms with Gasteiger partial charge in [0.1, 0.15) is 0 Å². The number of nitrogens with zero attached hydrogens (tertiary/aromatic N) is 3. The van der Waals surface area contributed by atoms with Crippen molar-refractivity contribution in [3.63, 3.8) is 0 Å². The number of thiazole rings is 1. The maximum atomic E-state index is 11.3. The van der Waals surface area contributed by atoms with E-state index in [0.717, 1.165) is 41.5 Å². The minimum absolute atomic E-state index is 0.315. The van der Waals surface area contributed by atoms with Crippen LogP contribution < -0.4 is 4.90 Å². The molecule has 0 aliphatic heterocycles.